The summed E-state index contributed by atoms with van der Waals surface area (Å²) in [6.07, 6.45) is 0.716. The Bertz CT molecular complexity index is 1320. The van der Waals surface area contributed by atoms with Crippen LogP contribution in [0.1, 0.15) is 40.1 Å². The van der Waals surface area contributed by atoms with E-state index in [1.54, 1.807) is 12.1 Å². The molecule has 3 aromatic carbocycles. The van der Waals surface area contributed by atoms with Crippen molar-refractivity contribution in [2.45, 2.75) is 19.4 Å². The number of hydrogen-bond donors (Lipinski definition) is 2. The third-order valence-electron chi connectivity index (χ3n) is 6.07. The van der Waals surface area contributed by atoms with E-state index in [9.17, 15) is 9.90 Å². The quantitative estimate of drug-likeness (QED) is 0.365. The molecule has 5 rings (SSSR count). The maximum atomic E-state index is 13.5. The molecule has 2 N–H and O–H groups in total. The SMILES string of the molecule is CCOc1cc(C2c3c(-c4ccc(Cl)cc4)n[nH]c3C(=O)N2CCc2ccccc2)ccc1O. The van der Waals surface area contributed by atoms with E-state index in [2.05, 4.69) is 22.3 Å². The van der Waals surface area contributed by atoms with Gasteiger partial charge in [0.15, 0.2) is 11.5 Å². The van der Waals surface area contributed by atoms with Crippen LogP contribution in [0, 0.1) is 0 Å². The van der Waals surface area contributed by atoms with Crippen LogP contribution in [0.25, 0.3) is 11.3 Å². The number of ether oxygens (including phenoxy) is 1. The van der Waals surface area contributed by atoms with E-state index < -0.39 is 0 Å². The van der Waals surface area contributed by atoms with Crippen LogP contribution in [0.5, 0.6) is 11.5 Å². The Labute approximate surface area is 202 Å². The molecule has 7 heteroatoms. The first kappa shape index (κ1) is 22.0. The smallest absolute Gasteiger partial charge is 0.273 e. The van der Waals surface area contributed by atoms with Gasteiger partial charge in [0.2, 0.25) is 0 Å². The monoisotopic (exact) mass is 473 g/mol. The van der Waals surface area contributed by atoms with E-state index >= 15 is 0 Å². The number of nitrogens with zero attached hydrogens (tertiary/aromatic N) is 2. The van der Waals surface area contributed by atoms with E-state index in [0.29, 0.717) is 41.7 Å². The molecule has 172 valence electrons. The number of nitrogens with one attached hydrogen (secondary N) is 1. The average Bonchev–Trinajstić information content (AvgIpc) is 3.39. The predicted octanol–water partition coefficient (Wildman–Crippen LogP) is 5.62. The molecule has 0 saturated carbocycles. The van der Waals surface area contributed by atoms with Gasteiger partial charge in [-0.1, -0.05) is 60.1 Å². The first-order chi connectivity index (χ1) is 16.6. The number of aromatic nitrogens is 2. The minimum absolute atomic E-state index is 0.0658. The molecule has 0 aliphatic carbocycles. The van der Waals surface area contributed by atoms with Crippen LogP contribution in [0.3, 0.4) is 0 Å². The molecule has 34 heavy (non-hydrogen) atoms. The minimum atomic E-state index is -0.379. The zero-order chi connectivity index (χ0) is 23.7. The second kappa shape index (κ2) is 9.23. The fraction of sp³-hybridized carbons (Fsp3) is 0.185. The Balaban J connectivity index is 1.60. The molecule has 0 saturated heterocycles. The number of phenols is 1. The number of fused-ring (bicyclic) bond motifs is 1. The van der Waals surface area contributed by atoms with Crippen LogP contribution in [0.15, 0.2) is 72.8 Å². The van der Waals surface area contributed by atoms with Crippen LogP contribution in [0.2, 0.25) is 5.02 Å². The molecule has 0 bridgehead atoms. The van der Waals surface area contributed by atoms with E-state index in [1.807, 2.05) is 60.4 Å². The lowest BCUT2D eigenvalue weighted by Crippen LogP contribution is -2.31. The number of rotatable bonds is 7. The Kier molecular flexibility index (Phi) is 5.99. The molecular weight excluding hydrogens is 450 g/mol. The molecule has 1 amide bonds. The van der Waals surface area contributed by atoms with Crippen molar-refractivity contribution in [3.8, 4) is 22.8 Å². The highest BCUT2D eigenvalue weighted by Crippen LogP contribution is 2.44. The maximum absolute atomic E-state index is 13.5. The van der Waals surface area contributed by atoms with E-state index in [4.69, 9.17) is 16.3 Å². The molecule has 1 unspecified atom stereocenters. The van der Waals surface area contributed by atoms with Crippen molar-refractivity contribution in [2.24, 2.45) is 0 Å². The highest BCUT2D eigenvalue weighted by Gasteiger charge is 2.42. The second-order valence-corrected chi connectivity index (χ2v) is 8.60. The molecule has 1 aliphatic rings. The summed E-state index contributed by atoms with van der Waals surface area (Å²) < 4.78 is 5.63. The van der Waals surface area contributed by atoms with Crippen molar-refractivity contribution in [1.82, 2.24) is 15.1 Å². The molecule has 1 aliphatic heterocycles. The Morgan fingerprint density at radius 1 is 1.09 bits per heavy atom. The summed E-state index contributed by atoms with van der Waals surface area (Å²) in [5.74, 6) is 0.353. The standard InChI is InChI=1S/C27H24ClN3O3/c1-2-34-22-16-19(10-13-21(22)32)26-23-24(18-8-11-20(28)12-9-18)29-30-25(23)27(33)31(26)15-14-17-6-4-3-5-7-17/h3-13,16,26,32H,2,14-15H2,1H3,(H,29,30). The molecule has 0 radical (unpaired) electrons. The zero-order valence-electron chi connectivity index (χ0n) is 18.7. The van der Waals surface area contributed by atoms with Crippen molar-refractivity contribution in [2.75, 3.05) is 13.2 Å². The number of carbonyl (C=O) groups is 1. The molecular formula is C27H24ClN3O3. The van der Waals surface area contributed by atoms with Crippen molar-refractivity contribution < 1.29 is 14.6 Å². The van der Waals surface area contributed by atoms with Crippen molar-refractivity contribution in [1.29, 1.82) is 0 Å². The zero-order valence-corrected chi connectivity index (χ0v) is 19.4. The third-order valence-corrected chi connectivity index (χ3v) is 6.32. The van der Waals surface area contributed by atoms with Gasteiger partial charge in [-0.15, -0.1) is 0 Å². The van der Waals surface area contributed by atoms with Crippen LogP contribution < -0.4 is 4.74 Å². The van der Waals surface area contributed by atoms with Crippen molar-refractivity contribution >= 4 is 17.5 Å². The van der Waals surface area contributed by atoms with Gasteiger partial charge in [-0.3, -0.25) is 9.89 Å². The lowest BCUT2D eigenvalue weighted by Gasteiger charge is -2.27. The number of amides is 1. The highest BCUT2D eigenvalue weighted by atomic mass is 35.5. The van der Waals surface area contributed by atoms with Gasteiger partial charge in [-0.25, -0.2) is 0 Å². The number of phenolic OH excluding ortho intramolecular Hbond substituents is 1. The number of aromatic hydroxyl groups is 1. The van der Waals surface area contributed by atoms with Gasteiger partial charge in [0.25, 0.3) is 5.91 Å². The Hall–Kier alpha value is -3.77. The maximum Gasteiger partial charge on any atom is 0.273 e. The van der Waals surface area contributed by atoms with Crippen LogP contribution in [-0.4, -0.2) is 39.3 Å². The van der Waals surface area contributed by atoms with E-state index in [0.717, 1.165) is 22.3 Å². The predicted molar refractivity (Wildman–Crippen MR) is 131 cm³/mol. The number of halogens is 1. The minimum Gasteiger partial charge on any atom is -0.504 e. The van der Waals surface area contributed by atoms with Crippen LogP contribution in [-0.2, 0) is 6.42 Å². The molecule has 0 fully saturated rings. The fourth-order valence-electron chi connectivity index (χ4n) is 4.47. The summed E-state index contributed by atoms with van der Waals surface area (Å²) in [4.78, 5) is 15.4. The fourth-order valence-corrected chi connectivity index (χ4v) is 4.59. The molecule has 2 heterocycles. The molecule has 4 aromatic rings. The number of aromatic amines is 1. The normalized spacial score (nSPS) is 14.9. The summed E-state index contributed by atoms with van der Waals surface area (Å²) in [5, 5.41) is 18.4. The van der Waals surface area contributed by atoms with Gasteiger partial charge in [0, 0.05) is 22.7 Å². The van der Waals surface area contributed by atoms with E-state index in [-0.39, 0.29) is 17.7 Å². The number of carbonyl (C=O) groups excluding carboxylic acids is 1. The highest BCUT2D eigenvalue weighted by molar-refractivity contribution is 6.30. The third kappa shape index (κ3) is 4.01. The summed E-state index contributed by atoms with van der Waals surface area (Å²) in [6.45, 7) is 2.82. The van der Waals surface area contributed by atoms with E-state index in [1.165, 1.54) is 0 Å². The summed E-state index contributed by atoms with van der Waals surface area (Å²) in [7, 11) is 0. The van der Waals surface area contributed by atoms with Crippen molar-refractivity contribution in [3.63, 3.8) is 0 Å². The lowest BCUT2D eigenvalue weighted by molar-refractivity contribution is 0.0745. The van der Waals surface area contributed by atoms with Gasteiger partial charge in [0.05, 0.1) is 18.3 Å². The Morgan fingerprint density at radius 2 is 1.85 bits per heavy atom. The molecule has 6 nitrogen and oxygen atoms in total. The van der Waals surface area contributed by atoms with Crippen LogP contribution >= 0.6 is 11.6 Å². The molecule has 1 aromatic heterocycles. The molecule has 1 atom stereocenters. The topological polar surface area (TPSA) is 78.5 Å². The lowest BCUT2D eigenvalue weighted by atomic mass is 9.95. The van der Waals surface area contributed by atoms with Crippen molar-refractivity contribution in [3.05, 3.63) is 100 Å². The second-order valence-electron chi connectivity index (χ2n) is 8.16. The largest absolute Gasteiger partial charge is 0.504 e. The summed E-state index contributed by atoms with van der Waals surface area (Å²) in [6, 6.07) is 22.4. The van der Waals surface area contributed by atoms with Gasteiger partial charge in [-0.2, -0.15) is 5.10 Å². The summed E-state index contributed by atoms with van der Waals surface area (Å²) >= 11 is 6.09. The van der Waals surface area contributed by atoms with Gasteiger partial charge >= 0.3 is 0 Å². The molecule has 0 spiro atoms. The van der Waals surface area contributed by atoms with Gasteiger partial charge < -0.3 is 14.7 Å². The van der Waals surface area contributed by atoms with Gasteiger partial charge in [0.1, 0.15) is 5.69 Å². The first-order valence-electron chi connectivity index (χ1n) is 11.2. The first-order valence-corrected chi connectivity index (χ1v) is 11.6. The summed E-state index contributed by atoms with van der Waals surface area (Å²) in [5.41, 5.74) is 4.87. The van der Waals surface area contributed by atoms with Crippen LogP contribution in [0.4, 0.5) is 0 Å². The number of H-pyrrole nitrogens is 1. The number of hydrogen-bond acceptors (Lipinski definition) is 4. The number of benzene rings is 3. The van der Waals surface area contributed by atoms with Gasteiger partial charge in [-0.05, 0) is 48.7 Å². The Morgan fingerprint density at radius 3 is 2.59 bits per heavy atom. The average molecular weight is 474 g/mol.